The number of aromatic nitrogens is 2. The fourth-order valence-electron chi connectivity index (χ4n) is 2.79. The number of carbonyl (C=O) groups is 2. The minimum atomic E-state index is -0.235. The first-order valence-corrected chi connectivity index (χ1v) is 11.6. The molecule has 1 aromatic heterocycles. The van der Waals surface area contributed by atoms with E-state index in [0.29, 0.717) is 50.6 Å². The highest BCUT2D eigenvalue weighted by molar-refractivity contribution is 8.01. The number of thioether (sulfide) groups is 1. The molecule has 2 heterocycles. The van der Waals surface area contributed by atoms with Crippen LogP contribution in [-0.2, 0) is 9.59 Å². The van der Waals surface area contributed by atoms with E-state index in [9.17, 15) is 9.59 Å². The highest BCUT2D eigenvalue weighted by atomic mass is 35.5. The maximum atomic E-state index is 12.4. The van der Waals surface area contributed by atoms with E-state index in [1.807, 2.05) is 12.1 Å². The molecule has 3 N–H and O–H groups in total. The third-order valence-electron chi connectivity index (χ3n) is 4.07. The van der Waals surface area contributed by atoms with Gasteiger partial charge in [-0.2, -0.15) is 0 Å². The van der Waals surface area contributed by atoms with Gasteiger partial charge >= 0.3 is 0 Å². The molecule has 3 aromatic rings. The number of ether oxygens (including phenoxy) is 2. The monoisotopic (exact) mass is 491 g/mol. The molecule has 4 rings (SSSR count). The minimum absolute atomic E-state index is 0.136. The Morgan fingerprint density at radius 2 is 1.84 bits per heavy atom. The molecule has 12 heteroatoms. The lowest BCUT2D eigenvalue weighted by Crippen LogP contribution is -2.17. The van der Waals surface area contributed by atoms with Crippen molar-refractivity contribution in [2.75, 3.05) is 34.9 Å². The van der Waals surface area contributed by atoms with Crippen molar-refractivity contribution in [2.45, 2.75) is 11.3 Å². The molecule has 2 aromatic carbocycles. The van der Waals surface area contributed by atoms with Crippen LogP contribution in [0.15, 0.2) is 40.7 Å². The second kappa shape index (κ2) is 10.1. The Morgan fingerprint density at radius 1 is 1.09 bits per heavy atom. The number of hydrogen-bond acceptors (Lipinski definition) is 9. The van der Waals surface area contributed by atoms with Crippen molar-refractivity contribution in [3.05, 3.63) is 41.4 Å². The molecule has 1 aliphatic heterocycles. The van der Waals surface area contributed by atoms with Crippen LogP contribution < -0.4 is 25.4 Å². The van der Waals surface area contributed by atoms with Crippen LogP contribution in [0.4, 0.5) is 22.2 Å². The summed E-state index contributed by atoms with van der Waals surface area (Å²) in [7, 11) is 0. The normalized spacial score (nSPS) is 12.2. The van der Waals surface area contributed by atoms with E-state index in [1.54, 1.807) is 24.3 Å². The van der Waals surface area contributed by atoms with Gasteiger partial charge in [0, 0.05) is 30.4 Å². The van der Waals surface area contributed by atoms with Crippen LogP contribution >= 0.6 is 34.7 Å². The number of rotatable bonds is 7. The average Bonchev–Trinajstić information content (AvgIpc) is 3.20. The molecule has 0 atom stereocenters. The molecule has 166 valence electrons. The number of benzene rings is 2. The van der Waals surface area contributed by atoms with Crippen LogP contribution in [0, 0.1) is 0 Å². The first-order valence-electron chi connectivity index (χ1n) is 9.46. The molecular weight excluding hydrogens is 474 g/mol. The second-order valence-electron chi connectivity index (χ2n) is 6.57. The standard InChI is InChI=1S/C20H18ClN5O4S2/c1-11(27)22-12-3-2-4-13(7-12)23-19-25-26-20(32-19)31-10-18(28)24-15-9-17-16(8-14(15)21)29-5-6-30-17/h2-4,7-9H,5-6,10H2,1H3,(H,22,27)(H,23,25)(H,24,28). The highest BCUT2D eigenvalue weighted by Crippen LogP contribution is 2.38. The summed E-state index contributed by atoms with van der Waals surface area (Å²) in [6.07, 6.45) is 0. The van der Waals surface area contributed by atoms with E-state index in [2.05, 4.69) is 26.1 Å². The summed E-state index contributed by atoms with van der Waals surface area (Å²) in [6, 6.07) is 10.5. The number of halogens is 1. The van der Waals surface area contributed by atoms with Gasteiger partial charge in [-0.25, -0.2) is 0 Å². The molecule has 0 unspecified atom stereocenters. The van der Waals surface area contributed by atoms with Crippen LogP contribution in [0.25, 0.3) is 0 Å². The molecule has 0 saturated carbocycles. The van der Waals surface area contributed by atoms with Crippen molar-refractivity contribution >= 4 is 68.7 Å². The molecule has 0 bridgehead atoms. The van der Waals surface area contributed by atoms with Gasteiger partial charge in [0.15, 0.2) is 15.8 Å². The number of nitrogens with zero attached hydrogens (tertiary/aromatic N) is 2. The van der Waals surface area contributed by atoms with Crippen molar-refractivity contribution in [1.82, 2.24) is 10.2 Å². The smallest absolute Gasteiger partial charge is 0.234 e. The first kappa shape index (κ1) is 22.2. The van der Waals surface area contributed by atoms with Crippen molar-refractivity contribution in [2.24, 2.45) is 0 Å². The predicted molar refractivity (Wildman–Crippen MR) is 126 cm³/mol. The van der Waals surface area contributed by atoms with Gasteiger partial charge in [-0.05, 0) is 18.2 Å². The summed E-state index contributed by atoms with van der Waals surface area (Å²) in [5.41, 5.74) is 1.89. The Kier molecular flexibility index (Phi) is 6.98. The Bertz CT molecular complexity index is 1160. The molecule has 0 saturated heterocycles. The molecule has 1 aliphatic rings. The van der Waals surface area contributed by atoms with Gasteiger partial charge in [-0.1, -0.05) is 40.8 Å². The van der Waals surface area contributed by atoms with Gasteiger partial charge in [0.25, 0.3) is 0 Å². The van der Waals surface area contributed by atoms with Crippen molar-refractivity contribution in [3.8, 4) is 11.5 Å². The van der Waals surface area contributed by atoms with Crippen molar-refractivity contribution < 1.29 is 19.1 Å². The Hall–Kier alpha value is -3.02. The van der Waals surface area contributed by atoms with Gasteiger partial charge < -0.3 is 25.4 Å². The van der Waals surface area contributed by atoms with Crippen molar-refractivity contribution in [3.63, 3.8) is 0 Å². The average molecular weight is 492 g/mol. The number of anilines is 4. The topological polar surface area (TPSA) is 114 Å². The van der Waals surface area contributed by atoms with Gasteiger partial charge in [0.05, 0.1) is 16.5 Å². The zero-order valence-corrected chi connectivity index (χ0v) is 19.2. The number of nitrogens with one attached hydrogen (secondary N) is 3. The zero-order valence-electron chi connectivity index (χ0n) is 16.8. The van der Waals surface area contributed by atoms with Crippen LogP contribution in [0.3, 0.4) is 0 Å². The van der Waals surface area contributed by atoms with E-state index in [-0.39, 0.29) is 17.6 Å². The summed E-state index contributed by atoms with van der Waals surface area (Å²) in [4.78, 5) is 23.6. The zero-order chi connectivity index (χ0) is 22.5. The molecular formula is C20H18ClN5O4S2. The minimum Gasteiger partial charge on any atom is -0.486 e. The fourth-order valence-corrected chi connectivity index (χ4v) is 4.57. The first-order chi connectivity index (χ1) is 15.5. The number of amides is 2. The Morgan fingerprint density at radius 3 is 2.62 bits per heavy atom. The number of fused-ring (bicyclic) bond motifs is 1. The summed E-state index contributed by atoms with van der Waals surface area (Å²) in [5, 5.41) is 17.8. The summed E-state index contributed by atoms with van der Waals surface area (Å²) < 4.78 is 11.6. The largest absolute Gasteiger partial charge is 0.486 e. The second-order valence-corrected chi connectivity index (χ2v) is 9.18. The number of hydrogen-bond donors (Lipinski definition) is 3. The van der Waals surface area contributed by atoms with Gasteiger partial charge in [0.2, 0.25) is 16.9 Å². The summed E-state index contributed by atoms with van der Waals surface area (Å²) in [5.74, 6) is 0.863. The maximum absolute atomic E-state index is 12.4. The van der Waals surface area contributed by atoms with Gasteiger partial charge in [-0.15, -0.1) is 10.2 Å². The van der Waals surface area contributed by atoms with E-state index in [1.165, 1.54) is 30.0 Å². The highest BCUT2D eigenvalue weighted by Gasteiger charge is 2.17. The third-order valence-corrected chi connectivity index (χ3v) is 6.36. The molecule has 0 spiro atoms. The van der Waals surface area contributed by atoms with E-state index in [0.717, 1.165) is 5.69 Å². The van der Waals surface area contributed by atoms with Crippen LogP contribution in [0.2, 0.25) is 5.02 Å². The molecule has 32 heavy (non-hydrogen) atoms. The van der Waals surface area contributed by atoms with E-state index >= 15 is 0 Å². The van der Waals surface area contributed by atoms with Crippen LogP contribution in [0.1, 0.15) is 6.92 Å². The molecule has 0 radical (unpaired) electrons. The fraction of sp³-hybridized carbons (Fsp3) is 0.200. The lowest BCUT2D eigenvalue weighted by atomic mass is 10.2. The quantitative estimate of drug-likeness (QED) is 0.417. The van der Waals surface area contributed by atoms with Gasteiger partial charge in [0.1, 0.15) is 13.2 Å². The molecule has 0 aliphatic carbocycles. The molecule has 9 nitrogen and oxygen atoms in total. The van der Waals surface area contributed by atoms with E-state index in [4.69, 9.17) is 21.1 Å². The number of carbonyl (C=O) groups excluding carboxylic acids is 2. The SMILES string of the molecule is CC(=O)Nc1cccc(Nc2nnc(SCC(=O)Nc3cc4c(cc3Cl)OCCO4)s2)c1. The van der Waals surface area contributed by atoms with Crippen molar-refractivity contribution in [1.29, 1.82) is 0 Å². The molecule has 0 fully saturated rings. The Labute approximate surface area is 196 Å². The lowest BCUT2D eigenvalue weighted by molar-refractivity contribution is -0.114. The summed E-state index contributed by atoms with van der Waals surface area (Å²) in [6.45, 7) is 2.36. The van der Waals surface area contributed by atoms with Crippen LogP contribution in [0.5, 0.6) is 11.5 Å². The maximum Gasteiger partial charge on any atom is 0.234 e. The third kappa shape index (κ3) is 5.81. The van der Waals surface area contributed by atoms with Gasteiger partial charge in [-0.3, -0.25) is 9.59 Å². The summed E-state index contributed by atoms with van der Waals surface area (Å²) >= 11 is 8.81. The van der Waals surface area contributed by atoms with Crippen LogP contribution in [-0.4, -0.2) is 41.0 Å². The van der Waals surface area contributed by atoms with E-state index < -0.39 is 0 Å². The lowest BCUT2D eigenvalue weighted by Gasteiger charge is -2.19. The molecule has 2 amide bonds. The Balaban J connectivity index is 1.31. The predicted octanol–water partition coefficient (Wildman–Crippen LogP) is 4.40.